The highest BCUT2D eigenvalue weighted by Gasteiger charge is 2.20. The van der Waals surface area contributed by atoms with Crippen LogP contribution in [0.2, 0.25) is 0 Å². The van der Waals surface area contributed by atoms with Crippen molar-refractivity contribution in [3.63, 3.8) is 0 Å². The molecule has 5 nitrogen and oxygen atoms in total. The first-order valence-electron chi connectivity index (χ1n) is 11.0. The summed E-state index contributed by atoms with van der Waals surface area (Å²) in [5, 5.41) is 10.5. The van der Waals surface area contributed by atoms with Gasteiger partial charge in [-0.15, -0.1) is 0 Å². The van der Waals surface area contributed by atoms with E-state index in [1.54, 1.807) is 6.07 Å². The molecule has 1 fully saturated rings. The summed E-state index contributed by atoms with van der Waals surface area (Å²) in [6.07, 6.45) is 2.91. The van der Waals surface area contributed by atoms with Crippen LogP contribution in [0.25, 0.3) is 0 Å². The number of benzene rings is 2. The molecule has 0 bridgehead atoms. The van der Waals surface area contributed by atoms with Crippen LogP contribution in [0.5, 0.6) is 5.75 Å². The number of ether oxygens (including phenoxy) is 2. The molecule has 1 unspecified atom stereocenters. The third-order valence-electron chi connectivity index (χ3n) is 6.09. The number of hydrogen-bond acceptors (Lipinski definition) is 5. The molecule has 5 heteroatoms. The predicted molar refractivity (Wildman–Crippen MR) is 116 cm³/mol. The van der Waals surface area contributed by atoms with Crippen molar-refractivity contribution < 1.29 is 19.4 Å². The Morgan fingerprint density at radius 1 is 1.13 bits per heavy atom. The molecule has 0 aliphatic carbocycles. The Balaban J connectivity index is 1.25. The van der Waals surface area contributed by atoms with Gasteiger partial charge in [0, 0.05) is 44.8 Å². The number of carbonyl (C=O) groups excluding carboxylic acids is 1. The largest absolute Gasteiger partial charge is 0.491 e. The minimum atomic E-state index is -0.572. The third-order valence-corrected chi connectivity index (χ3v) is 6.09. The molecule has 2 aliphatic heterocycles. The molecule has 0 spiro atoms. The normalized spacial score (nSPS) is 18.6. The third kappa shape index (κ3) is 5.69. The van der Waals surface area contributed by atoms with Crippen molar-refractivity contribution >= 4 is 5.78 Å². The van der Waals surface area contributed by atoms with Gasteiger partial charge in [0.05, 0.1) is 0 Å². The number of fused-ring (bicyclic) bond motifs is 1. The first-order chi connectivity index (χ1) is 14.7. The zero-order valence-electron chi connectivity index (χ0n) is 17.5. The first kappa shape index (κ1) is 21.0. The standard InChI is InChI=1S/C25H31NO4/c27-23(17-26-11-8-20-4-1-2-5-22(20)16-26)18-30-24-7-3-6-21(15-24)25(28)14-19-9-12-29-13-10-19/h1-7,15,19,23,27H,8-14,16-18H2. The lowest BCUT2D eigenvalue weighted by atomic mass is 9.92. The van der Waals surface area contributed by atoms with Crippen LogP contribution in [0.4, 0.5) is 0 Å². The number of aliphatic hydroxyl groups excluding tert-OH is 1. The van der Waals surface area contributed by atoms with Crippen LogP contribution in [-0.2, 0) is 17.7 Å². The average molecular weight is 410 g/mol. The molecular formula is C25H31NO4. The molecule has 1 N–H and O–H groups in total. The highest BCUT2D eigenvalue weighted by atomic mass is 16.5. The number of nitrogens with zero attached hydrogens (tertiary/aromatic N) is 1. The number of carbonyl (C=O) groups is 1. The number of rotatable bonds is 8. The lowest BCUT2D eigenvalue weighted by Crippen LogP contribution is -2.38. The molecule has 0 radical (unpaired) electrons. The monoisotopic (exact) mass is 409 g/mol. The van der Waals surface area contributed by atoms with Crippen LogP contribution in [0.15, 0.2) is 48.5 Å². The Morgan fingerprint density at radius 2 is 1.93 bits per heavy atom. The van der Waals surface area contributed by atoms with Gasteiger partial charge < -0.3 is 14.6 Å². The lowest BCUT2D eigenvalue weighted by Gasteiger charge is -2.30. The van der Waals surface area contributed by atoms with Crippen molar-refractivity contribution in [3.05, 3.63) is 65.2 Å². The SMILES string of the molecule is O=C(CC1CCOCC1)c1cccc(OCC(O)CN2CCc3ccccc3C2)c1. The van der Waals surface area contributed by atoms with Crippen LogP contribution in [0, 0.1) is 5.92 Å². The minimum absolute atomic E-state index is 0.153. The van der Waals surface area contributed by atoms with Crippen LogP contribution in [0.1, 0.15) is 40.7 Å². The predicted octanol–water partition coefficient (Wildman–Crippen LogP) is 3.48. The van der Waals surface area contributed by atoms with E-state index in [4.69, 9.17) is 9.47 Å². The fourth-order valence-electron chi connectivity index (χ4n) is 4.34. The van der Waals surface area contributed by atoms with E-state index in [1.165, 1.54) is 11.1 Å². The Hall–Kier alpha value is -2.21. The molecule has 1 atom stereocenters. The summed E-state index contributed by atoms with van der Waals surface area (Å²) in [7, 11) is 0. The number of ketones is 1. The molecule has 2 heterocycles. The summed E-state index contributed by atoms with van der Waals surface area (Å²) in [5.74, 6) is 1.20. The molecule has 2 aromatic rings. The van der Waals surface area contributed by atoms with Crippen LogP contribution in [-0.4, -0.2) is 54.8 Å². The van der Waals surface area contributed by atoms with Gasteiger partial charge in [-0.3, -0.25) is 9.69 Å². The second kappa shape index (κ2) is 10.2. The van der Waals surface area contributed by atoms with Crippen molar-refractivity contribution in [2.24, 2.45) is 5.92 Å². The van der Waals surface area contributed by atoms with E-state index < -0.39 is 6.10 Å². The molecule has 0 amide bonds. The number of hydrogen-bond donors (Lipinski definition) is 1. The van der Waals surface area contributed by atoms with E-state index in [2.05, 4.69) is 29.2 Å². The Labute approximate surface area is 178 Å². The second-order valence-electron chi connectivity index (χ2n) is 8.43. The first-order valence-corrected chi connectivity index (χ1v) is 11.0. The van der Waals surface area contributed by atoms with Gasteiger partial charge in [0.25, 0.3) is 0 Å². The zero-order chi connectivity index (χ0) is 20.8. The molecular weight excluding hydrogens is 378 g/mol. The highest BCUT2D eigenvalue weighted by molar-refractivity contribution is 5.96. The molecule has 160 valence electrons. The smallest absolute Gasteiger partial charge is 0.163 e. The van der Waals surface area contributed by atoms with Crippen LogP contribution >= 0.6 is 0 Å². The van der Waals surface area contributed by atoms with E-state index in [-0.39, 0.29) is 12.4 Å². The summed E-state index contributed by atoms with van der Waals surface area (Å²) in [6, 6.07) is 15.8. The van der Waals surface area contributed by atoms with Gasteiger partial charge in [0.2, 0.25) is 0 Å². The van der Waals surface area contributed by atoms with Crippen LogP contribution < -0.4 is 4.74 Å². The Morgan fingerprint density at radius 3 is 2.77 bits per heavy atom. The number of aliphatic hydroxyl groups is 1. The van der Waals surface area contributed by atoms with Gasteiger partial charge >= 0.3 is 0 Å². The van der Waals surface area contributed by atoms with Crippen molar-refractivity contribution in [2.45, 2.75) is 38.3 Å². The maximum Gasteiger partial charge on any atom is 0.163 e. The summed E-state index contributed by atoms with van der Waals surface area (Å²) < 4.78 is 11.2. The Bertz CT molecular complexity index is 847. The lowest BCUT2D eigenvalue weighted by molar-refractivity contribution is 0.0600. The molecule has 30 heavy (non-hydrogen) atoms. The van der Waals surface area contributed by atoms with Gasteiger partial charge in [0.1, 0.15) is 18.5 Å². The summed E-state index contributed by atoms with van der Waals surface area (Å²) in [6.45, 7) is 4.11. The summed E-state index contributed by atoms with van der Waals surface area (Å²) >= 11 is 0. The zero-order valence-corrected chi connectivity index (χ0v) is 17.5. The fraction of sp³-hybridized carbons (Fsp3) is 0.480. The number of Topliss-reactive ketones (excluding diaryl/α,β-unsaturated/α-hetero) is 1. The van der Waals surface area contributed by atoms with Gasteiger partial charge in [0.15, 0.2) is 5.78 Å². The topological polar surface area (TPSA) is 59.0 Å². The van der Waals surface area contributed by atoms with Crippen molar-refractivity contribution in [1.29, 1.82) is 0 Å². The second-order valence-corrected chi connectivity index (χ2v) is 8.43. The number of β-amino-alcohol motifs (C(OH)–C–C–N with tert-alkyl or cyclic N) is 1. The van der Waals surface area contributed by atoms with Gasteiger partial charge in [-0.1, -0.05) is 36.4 Å². The van der Waals surface area contributed by atoms with Crippen molar-refractivity contribution in [3.8, 4) is 5.75 Å². The molecule has 1 saturated heterocycles. The van der Waals surface area contributed by atoms with E-state index in [0.29, 0.717) is 30.2 Å². The summed E-state index contributed by atoms with van der Waals surface area (Å²) in [5.41, 5.74) is 3.43. The average Bonchev–Trinajstić information content (AvgIpc) is 2.78. The maximum absolute atomic E-state index is 12.6. The molecule has 0 aromatic heterocycles. The van der Waals surface area contributed by atoms with Gasteiger partial charge in [-0.05, 0) is 48.4 Å². The fourth-order valence-corrected chi connectivity index (χ4v) is 4.34. The highest BCUT2D eigenvalue weighted by Crippen LogP contribution is 2.23. The van der Waals surface area contributed by atoms with Crippen molar-refractivity contribution in [2.75, 3.05) is 32.9 Å². The van der Waals surface area contributed by atoms with E-state index in [1.807, 2.05) is 18.2 Å². The summed E-state index contributed by atoms with van der Waals surface area (Å²) in [4.78, 5) is 14.9. The molecule has 4 rings (SSSR count). The Kier molecular flexibility index (Phi) is 7.16. The quantitative estimate of drug-likeness (QED) is 0.677. The molecule has 0 saturated carbocycles. The maximum atomic E-state index is 12.6. The van der Waals surface area contributed by atoms with E-state index in [0.717, 1.165) is 45.6 Å². The molecule has 2 aliphatic rings. The van der Waals surface area contributed by atoms with Gasteiger partial charge in [-0.25, -0.2) is 0 Å². The van der Waals surface area contributed by atoms with Crippen molar-refractivity contribution in [1.82, 2.24) is 4.90 Å². The molecule has 2 aromatic carbocycles. The van der Waals surface area contributed by atoms with Crippen LogP contribution in [0.3, 0.4) is 0 Å². The van der Waals surface area contributed by atoms with Gasteiger partial charge in [-0.2, -0.15) is 0 Å². The van der Waals surface area contributed by atoms with E-state index in [9.17, 15) is 9.90 Å². The minimum Gasteiger partial charge on any atom is -0.491 e. The van der Waals surface area contributed by atoms with E-state index >= 15 is 0 Å².